The first-order chi connectivity index (χ1) is 19.9. The van der Waals surface area contributed by atoms with Gasteiger partial charge in [-0.15, -0.1) is 0 Å². The molecule has 2 N–H and O–H groups in total. The van der Waals surface area contributed by atoms with E-state index in [1.807, 2.05) is 17.0 Å². The highest BCUT2D eigenvalue weighted by atomic mass is 35.5. The Labute approximate surface area is 248 Å². The molecule has 1 amide bonds. The van der Waals surface area contributed by atoms with E-state index >= 15 is 0 Å². The molecule has 0 radical (unpaired) electrons. The van der Waals surface area contributed by atoms with E-state index in [2.05, 4.69) is 46.2 Å². The van der Waals surface area contributed by atoms with E-state index in [0.29, 0.717) is 38.1 Å². The SMILES string of the molecule is C=CC(=O)N1CCN(C2NC(OCC3CCCN3C)NC3C[C@]4(CCc5c(Cl)cccc5O4)CCC32)CC1CC#N. The first-order valence-electron chi connectivity index (χ1n) is 15.2. The number of carbonyl (C=O) groups is 1. The molecule has 3 saturated heterocycles. The van der Waals surface area contributed by atoms with Gasteiger partial charge in [0.25, 0.3) is 0 Å². The number of rotatable bonds is 6. The van der Waals surface area contributed by atoms with Crippen LogP contribution in [0, 0.1) is 17.2 Å². The first-order valence-corrected chi connectivity index (χ1v) is 15.6. The van der Waals surface area contributed by atoms with Crippen LogP contribution in [0.3, 0.4) is 0 Å². The Morgan fingerprint density at radius 2 is 2.15 bits per heavy atom. The molecular formula is C31H43ClN6O3. The summed E-state index contributed by atoms with van der Waals surface area (Å²) in [6.07, 6.45) is 8.62. The molecule has 222 valence electrons. The monoisotopic (exact) mass is 582 g/mol. The summed E-state index contributed by atoms with van der Waals surface area (Å²) in [5.74, 6) is 1.17. The maximum atomic E-state index is 12.5. The number of halogens is 1. The number of nitrogens with zero attached hydrogens (tertiary/aromatic N) is 4. The molecular weight excluding hydrogens is 540 g/mol. The smallest absolute Gasteiger partial charge is 0.246 e. The second-order valence-electron chi connectivity index (χ2n) is 12.5. The van der Waals surface area contributed by atoms with Gasteiger partial charge in [-0.1, -0.05) is 24.2 Å². The third kappa shape index (κ3) is 5.88. The molecule has 9 nitrogen and oxygen atoms in total. The quantitative estimate of drug-likeness (QED) is 0.495. The Balaban J connectivity index is 1.21. The number of hydrogen-bond acceptors (Lipinski definition) is 8. The van der Waals surface area contributed by atoms with Gasteiger partial charge in [0.05, 0.1) is 31.3 Å². The van der Waals surface area contributed by atoms with Gasteiger partial charge in [0.2, 0.25) is 5.91 Å². The van der Waals surface area contributed by atoms with Crippen molar-refractivity contribution in [3.63, 3.8) is 0 Å². The number of likely N-dealkylation sites (tertiary alicyclic amines) is 1. The van der Waals surface area contributed by atoms with Crippen LogP contribution >= 0.6 is 11.6 Å². The van der Waals surface area contributed by atoms with Gasteiger partial charge in [-0.25, -0.2) is 0 Å². The van der Waals surface area contributed by atoms with Crippen LogP contribution in [0.15, 0.2) is 30.9 Å². The van der Waals surface area contributed by atoms with E-state index in [-0.39, 0.29) is 36.1 Å². The van der Waals surface area contributed by atoms with Crippen molar-refractivity contribution < 1.29 is 14.3 Å². The number of nitriles is 1. The van der Waals surface area contributed by atoms with E-state index in [1.54, 1.807) is 0 Å². The molecule has 4 aliphatic heterocycles. The number of carbonyl (C=O) groups excluding carboxylic acids is 1. The second kappa shape index (κ2) is 12.2. The summed E-state index contributed by atoms with van der Waals surface area (Å²) in [5, 5.41) is 18.0. The molecule has 1 aromatic rings. The van der Waals surface area contributed by atoms with Crippen molar-refractivity contribution in [3.8, 4) is 11.8 Å². The lowest BCUT2D eigenvalue weighted by atomic mass is 9.70. The predicted molar refractivity (Wildman–Crippen MR) is 157 cm³/mol. The largest absolute Gasteiger partial charge is 0.487 e. The second-order valence-corrected chi connectivity index (χ2v) is 12.9. The van der Waals surface area contributed by atoms with Crippen LogP contribution in [-0.4, -0.2) is 96.7 Å². The van der Waals surface area contributed by atoms with Crippen molar-refractivity contribution in [2.24, 2.45) is 5.92 Å². The highest BCUT2D eigenvalue weighted by molar-refractivity contribution is 6.31. The summed E-state index contributed by atoms with van der Waals surface area (Å²) in [4.78, 5) is 19.2. The number of nitrogens with one attached hydrogen (secondary N) is 2. The zero-order valence-electron chi connectivity index (χ0n) is 24.1. The molecule has 1 saturated carbocycles. The number of fused-ring (bicyclic) bond motifs is 2. The summed E-state index contributed by atoms with van der Waals surface area (Å²) >= 11 is 6.50. The van der Waals surface area contributed by atoms with Gasteiger partial charge < -0.3 is 19.3 Å². The Bertz CT molecular complexity index is 1180. The normalized spacial score (nSPS) is 35.8. The fourth-order valence-electron chi connectivity index (χ4n) is 7.89. The van der Waals surface area contributed by atoms with Crippen molar-refractivity contribution in [2.75, 3.05) is 39.8 Å². The lowest BCUT2D eigenvalue weighted by Crippen LogP contribution is -2.73. The van der Waals surface area contributed by atoms with E-state index in [1.165, 1.54) is 12.5 Å². The van der Waals surface area contributed by atoms with Crippen LogP contribution in [0.2, 0.25) is 5.02 Å². The molecule has 1 spiro atoms. The summed E-state index contributed by atoms with van der Waals surface area (Å²) in [7, 11) is 2.18. The minimum absolute atomic E-state index is 0.0809. The minimum Gasteiger partial charge on any atom is -0.487 e. The Morgan fingerprint density at radius 1 is 1.27 bits per heavy atom. The van der Waals surface area contributed by atoms with Crippen molar-refractivity contribution in [1.29, 1.82) is 5.26 Å². The van der Waals surface area contributed by atoms with Crippen molar-refractivity contribution >= 4 is 17.5 Å². The van der Waals surface area contributed by atoms with Gasteiger partial charge >= 0.3 is 0 Å². The Hall–Kier alpha value is -2.19. The fourth-order valence-corrected chi connectivity index (χ4v) is 8.15. The van der Waals surface area contributed by atoms with Crippen LogP contribution in [0.5, 0.6) is 5.75 Å². The van der Waals surface area contributed by atoms with Gasteiger partial charge in [0.1, 0.15) is 11.4 Å². The van der Waals surface area contributed by atoms with E-state index in [9.17, 15) is 10.1 Å². The molecule has 4 heterocycles. The molecule has 0 bridgehead atoms. The van der Waals surface area contributed by atoms with Crippen molar-refractivity contribution in [1.82, 2.24) is 25.3 Å². The zero-order chi connectivity index (χ0) is 28.6. The van der Waals surface area contributed by atoms with Gasteiger partial charge in [-0.05, 0) is 70.3 Å². The fraction of sp³-hybridized carbons (Fsp3) is 0.677. The third-order valence-corrected chi connectivity index (χ3v) is 10.5. The molecule has 6 unspecified atom stereocenters. The number of piperazine rings is 1. The third-order valence-electron chi connectivity index (χ3n) is 10.2. The predicted octanol–water partition coefficient (Wildman–Crippen LogP) is 3.10. The summed E-state index contributed by atoms with van der Waals surface area (Å²) in [5.41, 5.74) is 0.901. The zero-order valence-corrected chi connectivity index (χ0v) is 24.8. The van der Waals surface area contributed by atoms with Gasteiger partial charge in [-0.2, -0.15) is 5.26 Å². The maximum absolute atomic E-state index is 12.5. The summed E-state index contributed by atoms with van der Waals surface area (Å²) < 4.78 is 13.3. The lowest BCUT2D eigenvalue weighted by molar-refractivity contribution is -0.139. The molecule has 0 aromatic heterocycles. The molecule has 10 heteroatoms. The number of hydrogen-bond donors (Lipinski definition) is 2. The standard InChI is InChI=1S/C31H43ClN6O3/c1-3-28(39)38-17-16-37(19-21(38)11-14-33)29-24-10-13-31(12-9-23-25(32)7-4-8-27(23)41-31)18-26(24)34-30(35-29)40-20-22-6-5-15-36(22)2/h3-4,7-8,21-22,24,26,29-30,34-35H,1,5-6,9-13,15-20H2,2H3/t21?,22?,24?,26?,29?,30?,31-/m0/s1. The summed E-state index contributed by atoms with van der Waals surface area (Å²) in [6.45, 7) is 7.45. The van der Waals surface area contributed by atoms with Crippen molar-refractivity contribution in [2.45, 2.75) is 87.6 Å². The average molecular weight is 583 g/mol. The highest BCUT2D eigenvalue weighted by Gasteiger charge is 2.51. The van der Waals surface area contributed by atoms with Crippen LogP contribution in [0.1, 0.15) is 50.5 Å². The van der Waals surface area contributed by atoms with Crippen LogP contribution in [0.25, 0.3) is 0 Å². The van der Waals surface area contributed by atoms with Crippen LogP contribution in [0.4, 0.5) is 0 Å². The molecule has 41 heavy (non-hydrogen) atoms. The molecule has 4 fully saturated rings. The molecule has 7 atom stereocenters. The molecule has 1 aliphatic carbocycles. The Kier molecular flexibility index (Phi) is 8.60. The van der Waals surface area contributed by atoms with E-state index in [0.717, 1.165) is 68.0 Å². The van der Waals surface area contributed by atoms with Crippen LogP contribution in [-0.2, 0) is 16.0 Å². The molecule has 1 aromatic carbocycles. The number of likely N-dealkylation sites (N-methyl/N-ethyl adjacent to an activating group) is 1. The van der Waals surface area contributed by atoms with Gasteiger partial charge in [0, 0.05) is 54.6 Å². The Morgan fingerprint density at radius 3 is 2.93 bits per heavy atom. The van der Waals surface area contributed by atoms with E-state index in [4.69, 9.17) is 21.1 Å². The summed E-state index contributed by atoms with van der Waals surface area (Å²) in [6, 6.07) is 8.77. The topological polar surface area (TPSA) is 93.1 Å². The van der Waals surface area contributed by atoms with Crippen LogP contribution < -0.4 is 15.4 Å². The average Bonchev–Trinajstić information content (AvgIpc) is 3.39. The maximum Gasteiger partial charge on any atom is 0.246 e. The minimum atomic E-state index is -0.280. The molecule has 6 rings (SSSR count). The van der Waals surface area contributed by atoms with Gasteiger partial charge in [0.15, 0.2) is 6.35 Å². The first kappa shape index (κ1) is 28.9. The number of ether oxygens (including phenoxy) is 2. The van der Waals surface area contributed by atoms with E-state index < -0.39 is 0 Å². The highest BCUT2D eigenvalue weighted by Crippen LogP contribution is 2.46. The lowest BCUT2D eigenvalue weighted by Gasteiger charge is -2.56. The molecule has 5 aliphatic rings. The van der Waals surface area contributed by atoms with Crippen molar-refractivity contribution in [3.05, 3.63) is 41.4 Å². The number of amides is 1. The number of benzene rings is 1. The van der Waals surface area contributed by atoms with Gasteiger partial charge in [-0.3, -0.25) is 20.3 Å².